The van der Waals surface area contributed by atoms with Gasteiger partial charge in [0.15, 0.2) is 0 Å². The van der Waals surface area contributed by atoms with Crippen LogP contribution in [0.5, 0.6) is 5.88 Å². The van der Waals surface area contributed by atoms with Crippen LogP contribution in [0.3, 0.4) is 0 Å². The van der Waals surface area contributed by atoms with Gasteiger partial charge in [-0.25, -0.2) is 4.98 Å². The maximum atomic E-state index is 15.2. The molecule has 13 heteroatoms. The lowest BCUT2D eigenvalue weighted by atomic mass is 9.83. The molecule has 11 nitrogen and oxygen atoms in total. The van der Waals surface area contributed by atoms with E-state index in [1.54, 1.807) is 36.1 Å². The zero-order chi connectivity index (χ0) is 34.1. The van der Waals surface area contributed by atoms with Crippen molar-refractivity contribution in [1.82, 2.24) is 25.4 Å². The fraction of sp³-hybridized carbons (Fsp3) is 0.559. The molecule has 256 valence electrons. The normalized spacial score (nSPS) is 18.0. The van der Waals surface area contributed by atoms with Crippen LogP contribution < -0.4 is 20.7 Å². The summed E-state index contributed by atoms with van der Waals surface area (Å²) in [5.74, 6) is -7.00. The van der Waals surface area contributed by atoms with E-state index in [-0.39, 0.29) is 36.0 Å². The minimum Gasteiger partial charge on any atom is -0.481 e. The summed E-state index contributed by atoms with van der Waals surface area (Å²) in [4.78, 5) is 60.1. The molecular formula is C34H46F2N6O5. The Morgan fingerprint density at radius 1 is 0.979 bits per heavy atom. The Hall–Kier alpha value is -4.13. The third-order valence-electron chi connectivity index (χ3n) is 9.21. The zero-order valence-electron chi connectivity index (χ0n) is 27.6. The average Bonchev–Trinajstić information content (AvgIpc) is 3.09. The number of anilines is 1. The number of carbonyl (C=O) groups is 4. The van der Waals surface area contributed by atoms with E-state index in [9.17, 15) is 19.2 Å². The number of nitrogens with one attached hydrogen (secondary N) is 3. The molecular weight excluding hydrogens is 610 g/mol. The molecule has 1 saturated carbocycles. The third kappa shape index (κ3) is 9.03. The summed E-state index contributed by atoms with van der Waals surface area (Å²) < 4.78 is 35.3. The Kier molecular flexibility index (Phi) is 12.3. The Bertz CT molecular complexity index is 1380. The molecule has 3 atom stereocenters. The molecule has 1 aromatic carbocycles. The molecule has 0 bridgehead atoms. The summed E-state index contributed by atoms with van der Waals surface area (Å²) in [6.45, 7) is 6.26. The highest BCUT2D eigenvalue weighted by Crippen LogP contribution is 2.32. The minimum atomic E-state index is -3.92. The fourth-order valence-corrected chi connectivity index (χ4v) is 6.10. The number of amides is 4. The van der Waals surface area contributed by atoms with E-state index in [1.165, 1.54) is 13.2 Å². The number of aromatic nitrogens is 1. The highest BCUT2D eigenvalue weighted by Gasteiger charge is 2.44. The van der Waals surface area contributed by atoms with Crippen molar-refractivity contribution >= 4 is 29.3 Å². The number of likely N-dealkylation sites (N-methyl/N-ethyl adjacent to an activating group) is 1. The molecule has 4 amide bonds. The van der Waals surface area contributed by atoms with E-state index in [2.05, 4.69) is 25.8 Å². The molecule has 2 aliphatic rings. The predicted octanol–water partition coefficient (Wildman–Crippen LogP) is 3.66. The second-order valence-corrected chi connectivity index (χ2v) is 12.4. The van der Waals surface area contributed by atoms with Crippen LogP contribution >= 0.6 is 0 Å². The van der Waals surface area contributed by atoms with Crippen LogP contribution in [0.2, 0.25) is 0 Å². The van der Waals surface area contributed by atoms with Gasteiger partial charge in [-0.2, -0.15) is 8.78 Å². The van der Waals surface area contributed by atoms with Crippen LogP contribution in [0, 0.1) is 5.92 Å². The lowest BCUT2D eigenvalue weighted by Crippen LogP contribution is -2.55. The summed E-state index contributed by atoms with van der Waals surface area (Å²) >= 11 is 0. The number of methoxy groups -OCH3 is 1. The maximum absolute atomic E-state index is 15.2. The van der Waals surface area contributed by atoms with Crippen LogP contribution in [-0.2, 0) is 25.1 Å². The number of benzene rings is 1. The summed E-state index contributed by atoms with van der Waals surface area (Å²) in [5.41, 5.74) is 0.575. The van der Waals surface area contributed by atoms with E-state index in [0.717, 1.165) is 50.2 Å². The van der Waals surface area contributed by atoms with E-state index >= 15 is 8.78 Å². The quantitative estimate of drug-likeness (QED) is 0.318. The van der Waals surface area contributed by atoms with Crippen LogP contribution in [0.25, 0.3) is 0 Å². The van der Waals surface area contributed by atoms with Crippen molar-refractivity contribution in [3.05, 3.63) is 53.7 Å². The number of carbonyl (C=O) groups excluding carboxylic acids is 4. The molecule has 4 rings (SSSR count). The van der Waals surface area contributed by atoms with Crippen molar-refractivity contribution in [1.29, 1.82) is 0 Å². The summed E-state index contributed by atoms with van der Waals surface area (Å²) in [6.07, 6.45) is 5.01. The Balaban J connectivity index is 1.48. The van der Waals surface area contributed by atoms with E-state index < -0.39 is 35.4 Å². The van der Waals surface area contributed by atoms with E-state index in [1.807, 2.05) is 14.0 Å². The molecule has 2 fully saturated rings. The van der Waals surface area contributed by atoms with Crippen LogP contribution in [0.4, 0.5) is 14.5 Å². The number of nitrogens with zero attached hydrogens (tertiary/aromatic N) is 3. The predicted molar refractivity (Wildman–Crippen MR) is 173 cm³/mol. The summed E-state index contributed by atoms with van der Waals surface area (Å²) in [7, 11) is 3.36. The average molecular weight is 657 g/mol. The molecule has 47 heavy (non-hydrogen) atoms. The van der Waals surface area contributed by atoms with Gasteiger partial charge in [-0.3, -0.25) is 19.2 Å². The van der Waals surface area contributed by atoms with Gasteiger partial charge in [-0.1, -0.05) is 45.2 Å². The van der Waals surface area contributed by atoms with Gasteiger partial charge in [-0.05, 0) is 49.6 Å². The Morgan fingerprint density at radius 3 is 2.21 bits per heavy atom. The van der Waals surface area contributed by atoms with E-state index in [0.29, 0.717) is 31.6 Å². The zero-order valence-corrected chi connectivity index (χ0v) is 27.6. The first-order chi connectivity index (χ1) is 22.4. The fourth-order valence-electron chi connectivity index (χ4n) is 6.10. The number of hydrogen-bond acceptors (Lipinski definition) is 7. The number of piperazine rings is 1. The lowest BCUT2D eigenvalue weighted by Gasteiger charge is -2.36. The van der Waals surface area contributed by atoms with Crippen molar-refractivity contribution < 1.29 is 32.7 Å². The SMILES string of the molecule is CCC(=O)N[C@@H](C(=O)N1CCN(C)CC1)[C@@H](C)c1ccc(NC(=O)[C@@H](NC(=O)C(F)(F)c2ccc(OC)nc2)C2CCCCC2)cc1. The number of ether oxygens (including phenoxy) is 1. The molecule has 2 heterocycles. The third-order valence-corrected chi connectivity index (χ3v) is 9.21. The van der Waals surface area contributed by atoms with Crippen molar-refractivity contribution in [2.45, 2.75) is 76.3 Å². The van der Waals surface area contributed by atoms with Gasteiger partial charge in [0.2, 0.25) is 23.6 Å². The molecule has 0 radical (unpaired) electrons. The van der Waals surface area contributed by atoms with Gasteiger partial charge < -0.3 is 30.5 Å². The van der Waals surface area contributed by atoms with Crippen LogP contribution in [0.1, 0.15) is 69.4 Å². The molecule has 2 aromatic rings. The highest BCUT2D eigenvalue weighted by atomic mass is 19.3. The molecule has 0 unspecified atom stereocenters. The molecule has 0 spiro atoms. The standard InChI is InChI=1S/C34H46F2N6O5/c1-5-27(43)39-29(32(45)42-19-17-41(3)18-20-42)22(2)23-11-14-26(15-12-23)38-31(44)30(24-9-7-6-8-10-24)40-33(46)34(35,36)25-13-16-28(47-4)37-21-25/h11-16,21-22,24,29-30H,5-10,17-20H2,1-4H3,(H,38,44)(H,39,43)(H,40,46)/t22-,29+,30-/m0/s1. The largest absolute Gasteiger partial charge is 0.481 e. The van der Waals surface area contributed by atoms with E-state index in [4.69, 9.17) is 4.74 Å². The number of halogens is 2. The Morgan fingerprint density at radius 2 is 1.64 bits per heavy atom. The second kappa shape index (κ2) is 16.1. The van der Waals surface area contributed by atoms with Crippen LogP contribution in [-0.4, -0.2) is 90.8 Å². The van der Waals surface area contributed by atoms with Gasteiger partial charge in [0.05, 0.1) is 7.11 Å². The van der Waals surface area contributed by atoms with Crippen molar-refractivity contribution in [3.8, 4) is 5.88 Å². The number of hydrogen-bond donors (Lipinski definition) is 3. The molecule has 1 aliphatic carbocycles. The minimum absolute atomic E-state index is 0.132. The monoisotopic (exact) mass is 656 g/mol. The van der Waals surface area contributed by atoms with Crippen LogP contribution in [0.15, 0.2) is 42.6 Å². The van der Waals surface area contributed by atoms with Crippen molar-refractivity contribution in [3.63, 3.8) is 0 Å². The maximum Gasteiger partial charge on any atom is 0.351 e. The molecule has 1 aromatic heterocycles. The summed E-state index contributed by atoms with van der Waals surface area (Å²) in [5, 5.41) is 8.03. The number of alkyl halides is 2. The molecule has 3 N–H and O–H groups in total. The second-order valence-electron chi connectivity index (χ2n) is 12.4. The van der Waals surface area contributed by atoms with Gasteiger partial charge in [0.1, 0.15) is 12.1 Å². The molecule has 1 aliphatic heterocycles. The Labute approximate surface area is 274 Å². The van der Waals surface area contributed by atoms with Crippen molar-refractivity contribution in [2.75, 3.05) is 45.7 Å². The molecule has 1 saturated heterocycles. The van der Waals surface area contributed by atoms with Crippen molar-refractivity contribution in [2.24, 2.45) is 5.92 Å². The smallest absolute Gasteiger partial charge is 0.351 e. The first kappa shape index (κ1) is 35.7. The van der Waals surface area contributed by atoms with Gasteiger partial charge in [-0.15, -0.1) is 0 Å². The number of pyridine rings is 1. The van der Waals surface area contributed by atoms with Gasteiger partial charge in [0.25, 0.3) is 5.91 Å². The summed E-state index contributed by atoms with van der Waals surface area (Å²) in [6, 6.07) is 7.24. The van der Waals surface area contributed by atoms with Gasteiger partial charge in [0, 0.05) is 62.0 Å². The van der Waals surface area contributed by atoms with Gasteiger partial charge >= 0.3 is 5.92 Å². The lowest BCUT2D eigenvalue weighted by molar-refractivity contribution is -0.149. The topological polar surface area (TPSA) is 133 Å². The number of rotatable bonds is 12. The first-order valence-electron chi connectivity index (χ1n) is 16.3. The highest BCUT2D eigenvalue weighted by molar-refractivity contribution is 5.98. The first-order valence-corrected chi connectivity index (χ1v) is 16.3.